The molecule has 0 radical (unpaired) electrons. The summed E-state index contributed by atoms with van der Waals surface area (Å²) >= 11 is 1.06. The van der Waals surface area contributed by atoms with Gasteiger partial charge < -0.3 is 15.7 Å². The van der Waals surface area contributed by atoms with Crippen LogP contribution in [0.25, 0.3) is 0 Å². The van der Waals surface area contributed by atoms with Crippen molar-refractivity contribution in [2.45, 2.75) is 23.2 Å². The maximum Gasteiger partial charge on any atom is 0.320 e. The summed E-state index contributed by atoms with van der Waals surface area (Å²) in [5, 5.41) is 16.9. The number of hydrogen-bond donors (Lipinski definition) is 2. The lowest BCUT2D eigenvalue weighted by Crippen LogP contribution is -2.33. The summed E-state index contributed by atoms with van der Waals surface area (Å²) in [6.45, 7) is 1.96. The van der Waals surface area contributed by atoms with E-state index in [0.29, 0.717) is 18.2 Å². The van der Waals surface area contributed by atoms with E-state index in [1.807, 2.05) is 0 Å². The number of aromatic nitrogens is 3. The molecule has 1 aromatic rings. The largest absolute Gasteiger partial charge is 0.480 e. The molecule has 1 atom stereocenters. The zero-order valence-corrected chi connectivity index (χ0v) is 9.90. The quantitative estimate of drug-likeness (QED) is 0.536. The Balaban J connectivity index is 2.79. The van der Waals surface area contributed by atoms with Gasteiger partial charge in [0.15, 0.2) is 0 Å². The molecule has 8 heteroatoms. The Labute approximate surface area is 97.0 Å². The number of hydrogen-bond acceptors (Lipinski definition) is 6. The molecule has 1 heterocycles. The Kier molecular flexibility index (Phi) is 4.13. The van der Waals surface area contributed by atoms with Crippen molar-refractivity contribution < 1.29 is 14.6 Å². The second-order valence-corrected chi connectivity index (χ2v) is 4.87. The van der Waals surface area contributed by atoms with Gasteiger partial charge in [-0.3, -0.25) is 4.79 Å². The Morgan fingerprint density at radius 1 is 1.81 bits per heavy atom. The lowest BCUT2D eigenvalue weighted by atomic mass is 10.1. The van der Waals surface area contributed by atoms with Gasteiger partial charge in [0.1, 0.15) is 11.1 Å². The molecule has 0 aliphatic heterocycles. The van der Waals surface area contributed by atoms with E-state index in [-0.39, 0.29) is 0 Å². The molecule has 1 aromatic heterocycles. The van der Waals surface area contributed by atoms with Gasteiger partial charge in [-0.1, -0.05) is 11.8 Å². The Morgan fingerprint density at radius 2 is 2.50 bits per heavy atom. The SMILES string of the molecule is COCCC(C)(Sc1nncn1N)C(=O)O. The van der Waals surface area contributed by atoms with Crippen LogP contribution in [0.4, 0.5) is 0 Å². The molecule has 1 unspecified atom stereocenters. The van der Waals surface area contributed by atoms with Crippen molar-refractivity contribution in [2.24, 2.45) is 0 Å². The van der Waals surface area contributed by atoms with Crippen molar-refractivity contribution in [3.8, 4) is 0 Å². The van der Waals surface area contributed by atoms with Gasteiger partial charge in [0.05, 0.1) is 0 Å². The molecule has 7 nitrogen and oxygen atoms in total. The van der Waals surface area contributed by atoms with E-state index in [0.717, 1.165) is 11.8 Å². The van der Waals surface area contributed by atoms with Crippen LogP contribution in [0.1, 0.15) is 13.3 Å². The van der Waals surface area contributed by atoms with Gasteiger partial charge in [0.2, 0.25) is 5.16 Å². The van der Waals surface area contributed by atoms with Crippen LogP contribution < -0.4 is 5.84 Å². The van der Waals surface area contributed by atoms with Crippen molar-refractivity contribution in [2.75, 3.05) is 19.6 Å². The van der Waals surface area contributed by atoms with E-state index in [9.17, 15) is 9.90 Å². The van der Waals surface area contributed by atoms with Crippen molar-refractivity contribution in [1.82, 2.24) is 14.9 Å². The number of carboxylic acid groups (broad SMARTS) is 1. The summed E-state index contributed by atoms with van der Waals surface area (Å²) in [6, 6.07) is 0. The van der Waals surface area contributed by atoms with Crippen molar-refractivity contribution in [3.63, 3.8) is 0 Å². The summed E-state index contributed by atoms with van der Waals surface area (Å²) in [6.07, 6.45) is 1.68. The number of nitrogen functional groups attached to an aromatic ring is 1. The summed E-state index contributed by atoms with van der Waals surface area (Å²) in [7, 11) is 1.53. The molecular formula is C8H14N4O3S. The van der Waals surface area contributed by atoms with E-state index in [2.05, 4.69) is 10.2 Å². The fourth-order valence-corrected chi connectivity index (χ4v) is 1.92. The predicted octanol–water partition coefficient (Wildman–Crippen LogP) is -0.0362. The number of thioether (sulfide) groups is 1. The van der Waals surface area contributed by atoms with E-state index in [1.165, 1.54) is 18.1 Å². The molecular weight excluding hydrogens is 232 g/mol. The average molecular weight is 246 g/mol. The smallest absolute Gasteiger partial charge is 0.320 e. The van der Waals surface area contributed by atoms with Crippen LogP contribution in [-0.2, 0) is 9.53 Å². The number of aliphatic carboxylic acids is 1. The van der Waals surface area contributed by atoms with Crippen LogP contribution in [0.2, 0.25) is 0 Å². The molecule has 0 spiro atoms. The highest BCUT2D eigenvalue weighted by Gasteiger charge is 2.35. The van der Waals surface area contributed by atoms with E-state index < -0.39 is 10.7 Å². The zero-order valence-electron chi connectivity index (χ0n) is 9.08. The minimum Gasteiger partial charge on any atom is -0.480 e. The monoisotopic (exact) mass is 246 g/mol. The fraction of sp³-hybridized carbons (Fsp3) is 0.625. The van der Waals surface area contributed by atoms with Crippen LogP contribution in [0.5, 0.6) is 0 Å². The minimum absolute atomic E-state index is 0.356. The molecule has 16 heavy (non-hydrogen) atoms. The first-order valence-electron chi connectivity index (χ1n) is 4.56. The topological polar surface area (TPSA) is 103 Å². The van der Waals surface area contributed by atoms with Gasteiger partial charge in [-0.2, -0.15) is 0 Å². The van der Waals surface area contributed by atoms with Crippen LogP contribution >= 0.6 is 11.8 Å². The molecule has 0 amide bonds. The van der Waals surface area contributed by atoms with Gasteiger partial charge in [0, 0.05) is 13.7 Å². The van der Waals surface area contributed by atoms with Crippen LogP contribution in [0, 0.1) is 0 Å². The number of carbonyl (C=O) groups is 1. The Morgan fingerprint density at radius 3 is 2.94 bits per heavy atom. The molecule has 0 aromatic carbocycles. The first-order chi connectivity index (χ1) is 7.49. The molecule has 0 aliphatic carbocycles. The summed E-state index contributed by atoms with van der Waals surface area (Å²) in [5.74, 6) is 4.59. The maximum absolute atomic E-state index is 11.2. The molecule has 1 rings (SSSR count). The highest BCUT2D eigenvalue weighted by atomic mass is 32.2. The van der Waals surface area contributed by atoms with Crippen molar-refractivity contribution in [3.05, 3.63) is 6.33 Å². The molecule has 0 saturated carbocycles. The molecule has 0 fully saturated rings. The third kappa shape index (κ3) is 2.86. The first kappa shape index (κ1) is 12.8. The highest BCUT2D eigenvalue weighted by molar-refractivity contribution is 8.01. The predicted molar refractivity (Wildman–Crippen MR) is 58.6 cm³/mol. The number of nitrogens with zero attached hydrogens (tertiary/aromatic N) is 3. The lowest BCUT2D eigenvalue weighted by Gasteiger charge is -2.22. The summed E-state index contributed by atoms with van der Waals surface area (Å²) in [5.41, 5.74) is 0. The van der Waals surface area contributed by atoms with E-state index in [1.54, 1.807) is 6.92 Å². The molecule has 90 valence electrons. The first-order valence-corrected chi connectivity index (χ1v) is 5.37. The summed E-state index contributed by atoms with van der Waals surface area (Å²) in [4.78, 5) is 11.2. The van der Waals surface area contributed by atoms with Crippen LogP contribution in [0.15, 0.2) is 11.5 Å². The average Bonchev–Trinajstić information content (AvgIpc) is 2.61. The zero-order chi connectivity index (χ0) is 12.2. The number of nitrogens with two attached hydrogens (primary N) is 1. The van der Waals surface area contributed by atoms with Crippen molar-refractivity contribution >= 4 is 17.7 Å². The van der Waals surface area contributed by atoms with E-state index in [4.69, 9.17) is 10.6 Å². The second kappa shape index (κ2) is 5.17. The number of methoxy groups -OCH3 is 1. The lowest BCUT2D eigenvalue weighted by molar-refractivity contribution is -0.139. The van der Waals surface area contributed by atoms with Gasteiger partial charge >= 0.3 is 5.97 Å². The van der Waals surface area contributed by atoms with Crippen molar-refractivity contribution in [1.29, 1.82) is 0 Å². The Hall–Kier alpha value is -1.28. The molecule has 0 bridgehead atoms. The van der Waals surface area contributed by atoms with Gasteiger partial charge in [-0.15, -0.1) is 10.2 Å². The maximum atomic E-state index is 11.2. The van der Waals surface area contributed by atoms with Crippen LogP contribution in [-0.4, -0.2) is 44.4 Å². The number of rotatable bonds is 6. The normalized spacial score (nSPS) is 14.6. The van der Waals surface area contributed by atoms with Gasteiger partial charge in [-0.25, -0.2) is 4.68 Å². The van der Waals surface area contributed by atoms with E-state index >= 15 is 0 Å². The molecule has 0 aliphatic rings. The van der Waals surface area contributed by atoms with Gasteiger partial charge in [-0.05, 0) is 13.3 Å². The van der Waals surface area contributed by atoms with Gasteiger partial charge in [0.25, 0.3) is 0 Å². The second-order valence-electron chi connectivity index (χ2n) is 3.40. The number of carboxylic acids is 1. The standard InChI is InChI=1S/C8H14N4O3S/c1-8(6(13)14,3-4-15-2)16-7-11-10-5-12(7)9/h5H,3-4,9H2,1-2H3,(H,13,14). The molecule has 0 saturated heterocycles. The highest BCUT2D eigenvalue weighted by Crippen LogP contribution is 2.33. The fourth-order valence-electron chi connectivity index (χ4n) is 1.00. The molecule has 3 N–H and O–H groups in total. The minimum atomic E-state index is -1.03. The Bertz CT molecular complexity index is 370. The third-order valence-electron chi connectivity index (χ3n) is 2.09. The summed E-state index contributed by atoms with van der Waals surface area (Å²) < 4.78 is 5.05. The third-order valence-corrected chi connectivity index (χ3v) is 3.40. The number of ether oxygens (including phenoxy) is 1. The van der Waals surface area contributed by atoms with Crippen LogP contribution in [0.3, 0.4) is 0 Å².